The fourth-order valence-electron chi connectivity index (χ4n) is 3.66. The van der Waals surface area contributed by atoms with Gasteiger partial charge in [-0.1, -0.05) is 19.4 Å². The third-order valence-electron chi connectivity index (χ3n) is 4.73. The SMILES string of the molecule is CCC[C@H]1C(=O)N(S(C)(=O)=O)C2=CCN(C(=O)Cn3ccccc3=O)[C@@H]21. The third-order valence-corrected chi connectivity index (χ3v) is 5.78. The molecule has 9 heteroatoms. The first-order valence-corrected chi connectivity index (χ1v) is 10.3. The van der Waals surface area contributed by atoms with Gasteiger partial charge in [-0.2, -0.15) is 0 Å². The first-order chi connectivity index (χ1) is 12.3. The summed E-state index contributed by atoms with van der Waals surface area (Å²) in [7, 11) is -3.75. The van der Waals surface area contributed by atoms with E-state index in [0.717, 1.165) is 10.6 Å². The van der Waals surface area contributed by atoms with Gasteiger partial charge in [0.1, 0.15) is 6.54 Å². The average molecular weight is 379 g/mol. The van der Waals surface area contributed by atoms with E-state index < -0.39 is 27.9 Å². The van der Waals surface area contributed by atoms with Crippen molar-refractivity contribution in [2.24, 2.45) is 5.92 Å². The second-order valence-corrected chi connectivity index (χ2v) is 8.38. The van der Waals surface area contributed by atoms with Crippen molar-refractivity contribution < 1.29 is 18.0 Å². The number of hydrogen-bond acceptors (Lipinski definition) is 5. The van der Waals surface area contributed by atoms with Crippen LogP contribution in [-0.2, 0) is 26.2 Å². The van der Waals surface area contributed by atoms with Crippen LogP contribution in [0.4, 0.5) is 0 Å². The van der Waals surface area contributed by atoms with Gasteiger partial charge in [0.2, 0.25) is 21.8 Å². The maximum Gasteiger partial charge on any atom is 0.250 e. The van der Waals surface area contributed by atoms with Crippen molar-refractivity contribution in [2.45, 2.75) is 32.4 Å². The number of carbonyl (C=O) groups excluding carboxylic acids is 2. The molecule has 0 unspecified atom stereocenters. The Bertz CT molecular complexity index is 934. The van der Waals surface area contributed by atoms with Gasteiger partial charge in [0.05, 0.1) is 23.9 Å². The number of pyridine rings is 1. The first kappa shape index (κ1) is 18.4. The highest BCUT2D eigenvalue weighted by Gasteiger charge is 2.53. The molecular weight excluding hydrogens is 358 g/mol. The summed E-state index contributed by atoms with van der Waals surface area (Å²) >= 11 is 0. The third kappa shape index (κ3) is 3.07. The van der Waals surface area contributed by atoms with Crippen LogP contribution < -0.4 is 5.56 Å². The van der Waals surface area contributed by atoms with E-state index in [1.807, 2.05) is 6.92 Å². The van der Waals surface area contributed by atoms with E-state index in [9.17, 15) is 22.8 Å². The van der Waals surface area contributed by atoms with Gasteiger partial charge >= 0.3 is 0 Å². The van der Waals surface area contributed by atoms with Gasteiger partial charge in [0.25, 0.3) is 5.56 Å². The zero-order chi connectivity index (χ0) is 19.1. The molecule has 1 aromatic heterocycles. The van der Waals surface area contributed by atoms with Crippen molar-refractivity contribution in [2.75, 3.05) is 12.8 Å². The second-order valence-electron chi connectivity index (χ2n) is 6.55. The number of fused-ring (bicyclic) bond motifs is 1. The molecule has 2 atom stereocenters. The molecular formula is C17H21N3O5S. The highest BCUT2D eigenvalue weighted by atomic mass is 32.2. The molecule has 8 nitrogen and oxygen atoms in total. The van der Waals surface area contributed by atoms with Gasteiger partial charge < -0.3 is 9.47 Å². The zero-order valence-corrected chi connectivity index (χ0v) is 15.5. The fraction of sp³-hybridized carbons (Fsp3) is 0.471. The van der Waals surface area contributed by atoms with Crippen LogP contribution in [0.3, 0.4) is 0 Å². The summed E-state index contributed by atoms with van der Waals surface area (Å²) in [4.78, 5) is 38.8. The number of hydrogen-bond donors (Lipinski definition) is 0. The second kappa shape index (κ2) is 6.71. The van der Waals surface area contributed by atoms with Crippen molar-refractivity contribution in [3.63, 3.8) is 0 Å². The number of aromatic nitrogens is 1. The standard InChI is InChI=1S/C17H21N3O5S/c1-3-6-12-16-13(20(17(12)23)26(2,24)25)8-10-19(16)15(22)11-18-9-5-4-7-14(18)21/h4-5,7-9,12,16H,3,6,10-11H2,1-2H3/t12-,16-/m1/s1. The van der Waals surface area contributed by atoms with Crippen LogP contribution >= 0.6 is 0 Å². The maximum absolute atomic E-state index is 12.8. The molecule has 0 saturated carbocycles. The smallest absolute Gasteiger partial charge is 0.250 e. The van der Waals surface area contributed by atoms with Gasteiger partial charge in [-0.05, 0) is 18.6 Å². The summed E-state index contributed by atoms with van der Waals surface area (Å²) in [6.45, 7) is 1.98. The summed E-state index contributed by atoms with van der Waals surface area (Å²) in [6, 6.07) is 4.03. The summed E-state index contributed by atoms with van der Waals surface area (Å²) in [5, 5.41) is 0. The largest absolute Gasteiger partial charge is 0.328 e. The lowest BCUT2D eigenvalue weighted by molar-refractivity contribution is -0.134. The van der Waals surface area contributed by atoms with Crippen LogP contribution in [0.25, 0.3) is 0 Å². The Labute approximate surface area is 151 Å². The van der Waals surface area contributed by atoms with Crippen molar-refractivity contribution in [1.82, 2.24) is 13.8 Å². The van der Waals surface area contributed by atoms with Crippen LogP contribution in [0.2, 0.25) is 0 Å². The minimum atomic E-state index is -3.75. The molecule has 140 valence electrons. The Morgan fingerprint density at radius 2 is 2.00 bits per heavy atom. The molecule has 26 heavy (non-hydrogen) atoms. The molecule has 0 radical (unpaired) electrons. The summed E-state index contributed by atoms with van der Waals surface area (Å²) in [5.74, 6) is -1.39. The van der Waals surface area contributed by atoms with Crippen LogP contribution in [0.5, 0.6) is 0 Å². The number of nitrogens with zero attached hydrogens (tertiary/aromatic N) is 3. The minimum Gasteiger partial charge on any atom is -0.328 e. The van der Waals surface area contributed by atoms with E-state index in [1.165, 1.54) is 21.7 Å². The predicted molar refractivity (Wildman–Crippen MR) is 94.4 cm³/mol. The van der Waals surface area contributed by atoms with E-state index in [2.05, 4.69) is 0 Å². The molecule has 2 amide bonds. The van der Waals surface area contributed by atoms with Crippen LogP contribution in [0, 0.1) is 5.92 Å². The van der Waals surface area contributed by atoms with Crippen molar-refractivity contribution in [1.29, 1.82) is 0 Å². The molecule has 1 fully saturated rings. The highest BCUT2D eigenvalue weighted by molar-refractivity contribution is 7.89. The number of carbonyl (C=O) groups is 2. The molecule has 0 aromatic carbocycles. The lowest BCUT2D eigenvalue weighted by Crippen LogP contribution is -2.43. The van der Waals surface area contributed by atoms with Crippen LogP contribution in [-0.4, -0.2) is 52.8 Å². The van der Waals surface area contributed by atoms with Gasteiger partial charge in [-0.3, -0.25) is 14.4 Å². The summed E-state index contributed by atoms with van der Waals surface area (Å²) < 4.78 is 26.3. The molecule has 2 aliphatic rings. The molecule has 3 heterocycles. The molecule has 3 rings (SSSR count). The van der Waals surface area contributed by atoms with E-state index in [-0.39, 0.29) is 24.6 Å². The van der Waals surface area contributed by atoms with Crippen molar-refractivity contribution in [3.8, 4) is 0 Å². The predicted octanol–water partition coefficient (Wildman–Crippen LogP) is 0.161. The van der Waals surface area contributed by atoms with E-state index in [0.29, 0.717) is 18.5 Å². The Kier molecular flexibility index (Phi) is 4.74. The molecule has 2 aliphatic heterocycles. The monoisotopic (exact) mass is 379 g/mol. The Morgan fingerprint density at radius 3 is 2.62 bits per heavy atom. The van der Waals surface area contributed by atoms with Gasteiger partial charge in [-0.15, -0.1) is 0 Å². The molecule has 1 saturated heterocycles. The van der Waals surface area contributed by atoms with Crippen LogP contribution in [0.15, 0.2) is 41.0 Å². The lowest BCUT2D eigenvalue weighted by Gasteiger charge is -2.27. The fourth-order valence-corrected chi connectivity index (χ4v) is 4.68. The van der Waals surface area contributed by atoms with E-state index >= 15 is 0 Å². The number of rotatable bonds is 5. The van der Waals surface area contributed by atoms with Gasteiger partial charge in [-0.25, -0.2) is 12.7 Å². The lowest BCUT2D eigenvalue weighted by atomic mass is 9.96. The van der Waals surface area contributed by atoms with Crippen LogP contribution in [0.1, 0.15) is 19.8 Å². The zero-order valence-electron chi connectivity index (χ0n) is 14.7. The van der Waals surface area contributed by atoms with E-state index in [4.69, 9.17) is 0 Å². The molecule has 0 bridgehead atoms. The Morgan fingerprint density at radius 1 is 1.27 bits per heavy atom. The molecule has 0 N–H and O–H groups in total. The normalized spacial score (nSPS) is 22.5. The highest BCUT2D eigenvalue weighted by Crippen LogP contribution is 2.40. The first-order valence-electron chi connectivity index (χ1n) is 8.44. The van der Waals surface area contributed by atoms with Gasteiger partial charge in [0, 0.05) is 18.8 Å². The van der Waals surface area contributed by atoms with E-state index in [1.54, 1.807) is 18.2 Å². The summed E-state index contributed by atoms with van der Waals surface area (Å²) in [6.07, 6.45) is 5.31. The minimum absolute atomic E-state index is 0.150. The van der Waals surface area contributed by atoms with Crippen molar-refractivity contribution >= 4 is 21.8 Å². The molecule has 0 spiro atoms. The maximum atomic E-state index is 12.8. The molecule has 0 aliphatic carbocycles. The Hall–Kier alpha value is -2.42. The topological polar surface area (TPSA) is 96.8 Å². The summed E-state index contributed by atoms with van der Waals surface area (Å²) in [5.41, 5.74) is 0.0586. The quantitative estimate of drug-likeness (QED) is 0.726. The number of sulfonamides is 1. The Balaban J connectivity index is 1.90. The van der Waals surface area contributed by atoms with Gasteiger partial charge in [0.15, 0.2) is 0 Å². The number of amides is 2. The molecule has 1 aromatic rings. The van der Waals surface area contributed by atoms with Crippen molar-refractivity contribution in [3.05, 3.63) is 46.5 Å². The average Bonchev–Trinajstić information content (AvgIpc) is 3.08.